The van der Waals surface area contributed by atoms with Crippen LogP contribution in [-0.2, 0) is 27.3 Å². The number of likely N-dealkylation sites (tertiary alicyclic amines) is 1. The molecule has 0 spiro atoms. The molecule has 4 amide bonds. The highest BCUT2D eigenvalue weighted by Gasteiger charge is 2.29. The zero-order valence-corrected chi connectivity index (χ0v) is 18.7. The van der Waals surface area contributed by atoms with Gasteiger partial charge in [-0.1, -0.05) is 42.5 Å². The van der Waals surface area contributed by atoms with E-state index in [0.717, 1.165) is 18.4 Å². The van der Waals surface area contributed by atoms with Gasteiger partial charge in [-0.3, -0.25) is 24.1 Å². The van der Waals surface area contributed by atoms with Crippen LogP contribution in [0.2, 0.25) is 0 Å². The van der Waals surface area contributed by atoms with E-state index in [2.05, 4.69) is 12.1 Å². The molecule has 33 heavy (non-hydrogen) atoms. The van der Waals surface area contributed by atoms with Crippen LogP contribution in [0.25, 0.3) is 0 Å². The highest BCUT2D eigenvalue weighted by atomic mass is 16.2. The van der Waals surface area contributed by atoms with Crippen LogP contribution in [-0.4, -0.2) is 64.5 Å². The third-order valence-electron chi connectivity index (χ3n) is 6.31. The van der Waals surface area contributed by atoms with E-state index in [1.807, 2.05) is 23.1 Å². The summed E-state index contributed by atoms with van der Waals surface area (Å²) in [6.07, 6.45) is 2.78. The number of hydrogen-bond acceptors (Lipinski definition) is 4. The van der Waals surface area contributed by atoms with Crippen molar-refractivity contribution in [2.75, 3.05) is 26.2 Å². The fraction of sp³-hybridized carbons (Fsp3) is 0.385. The summed E-state index contributed by atoms with van der Waals surface area (Å²) in [5.74, 6) is -0.209. The molecule has 0 aromatic heterocycles. The Bertz CT molecular complexity index is 996. The molecule has 0 saturated carbocycles. The summed E-state index contributed by atoms with van der Waals surface area (Å²) in [5, 5.41) is 0. The van der Waals surface area contributed by atoms with Crippen molar-refractivity contribution in [2.24, 2.45) is 0 Å². The number of carbonyl (C=O) groups excluding carboxylic acids is 4. The van der Waals surface area contributed by atoms with Crippen LogP contribution in [0.15, 0.2) is 54.6 Å². The van der Waals surface area contributed by atoms with Gasteiger partial charge in [0.2, 0.25) is 17.7 Å². The maximum atomic E-state index is 12.9. The number of benzene rings is 2. The van der Waals surface area contributed by atoms with Crippen molar-refractivity contribution < 1.29 is 19.2 Å². The lowest BCUT2D eigenvalue weighted by Crippen LogP contribution is -2.50. The molecule has 2 aromatic carbocycles. The highest BCUT2D eigenvalue weighted by Crippen LogP contribution is 2.17. The summed E-state index contributed by atoms with van der Waals surface area (Å²) in [6.45, 7) is 2.38. The van der Waals surface area contributed by atoms with E-state index in [4.69, 9.17) is 0 Å². The van der Waals surface area contributed by atoms with Crippen LogP contribution in [0, 0.1) is 0 Å². The second-order valence-electron chi connectivity index (χ2n) is 8.58. The third kappa shape index (κ3) is 5.66. The van der Waals surface area contributed by atoms with Gasteiger partial charge in [-0.05, 0) is 36.1 Å². The van der Waals surface area contributed by atoms with E-state index < -0.39 is 0 Å². The van der Waals surface area contributed by atoms with E-state index in [0.29, 0.717) is 38.2 Å². The summed E-state index contributed by atoms with van der Waals surface area (Å²) < 4.78 is 0. The number of rotatable bonds is 7. The van der Waals surface area contributed by atoms with E-state index in [-0.39, 0.29) is 43.0 Å². The van der Waals surface area contributed by atoms with Crippen molar-refractivity contribution in [1.29, 1.82) is 0 Å². The first kappa shape index (κ1) is 22.7. The lowest BCUT2D eigenvalue weighted by atomic mass is 10.1. The van der Waals surface area contributed by atoms with Crippen molar-refractivity contribution in [2.45, 2.75) is 38.6 Å². The van der Waals surface area contributed by atoms with Crippen LogP contribution in [0.4, 0.5) is 0 Å². The molecule has 2 heterocycles. The van der Waals surface area contributed by atoms with Crippen LogP contribution in [0.5, 0.6) is 0 Å². The van der Waals surface area contributed by atoms with Crippen LogP contribution in [0.3, 0.4) is 0 Å². The molecule has 4 rings (SSSR count). The van der Waals surface area contributed by atoms with Crippen molar-refractivity contribution in [1.82, 2.24) is 14.7 Å². The van der Waals surface area contributed by atoms with E-state index in [1.54, 1.807) is 29.2 Å². The molecule has 0 aliphatic carbocycles. The second kappa shape index (κ2) is 10.4. The topological polar surface area (TPSA) is 78.0 Å². The SMILES string of the molecule is O=C(CCCc1ccccc1)N1CCN(C(=O)c2ccc(CN3C(=O)CCC3=O)cc2)CC1. The molecule has 2 saturated heterocycles. The Balaban J connectivity index is 1.23. The average molecular weight is 448 g/mol. The molecule has 0 unspecified atom stereocenters. The number of amides is 4. The molecule has 0 radical (unpaired) electrons. The van der Waals surface area contributed by atoms with Crippen molar-refractivity contribution in [3.8, 4) is 0 Å². The maximum Gasteiger partial charge on any atom is 0.253 e. The number of imide groups is 1. The molecule has 2 aliphatic heterocycles. The summed E-state index contributed by atoms with van der Waals surface area (Å²) in [4.78, 5) is 53.9. The van der Waals surface area contributed by atoms with Crippen molar-refractivity contribution in [3.05, 3.63) is 71.3 Å². The number of aryl methyl sites for hydroxylation is 1. The summed E-state index contributed by atoms with van der Waals surface area (Å²) in [5.41, 5.74) is 2.63. The van der Waals surface area contributed by atoms with Gasteiger partial charge in [-0.25, -0.2) is 0 Å². The molecule has 2 fully saturated rings. The zero-order valence-electron chi connectivity index (χ0n) is 18.7. The Morgan fingerprint density at radius 1 is 0.727 bits per heavy atom. The molecular formula is C26H29N3O4. The largest absolute Gasteiger partial charge is 0.339 e. The Hall–Kier alpha value is -3.48. The maximum absolute atomic E-state index is 12.9. The number of nitrogens with zero attached hydrogens (tertiary/aromatic N) is 3. The van der Waals surface area contributed by atoms with Gasteiger partial charge in [0.05, 0.1) is 6.54 Å². The van der Waals surface area contributed by atoms with Gasteiger partial charge in [-0.2, -0.15) is 0 Å². The molecule has 172 valence electrons. The van der Waals surface area contributed by atoms with Gasteiger partial charge in [0.25, 0.3) is 5.91 Å². The first-order valence-electron chi connectivity index (χ1n) is 11.5. The number of carbonyl (C=O) groups is 4. The van der Waals surface area contributed by atoms with Gasteiger partial charge in [0.1, 0.15) is 0 Å². The van der Waals surface area contributed by atoms with E-state index in [1.165, 1.54) is 10.5 Å². The third-order valence-corrected chi connectivity index (χ3v) is 6.31. The normalized spacial score (nSPS) is 16.4. The quantitative estimate of drug-likeness (QED) is 0.612. The van der Waals surface area contributed by atoms with Crippen LogP contribution in [0.1, 0.15) is 47.2 Å². The minimum atomic E-state index is -0.146. The fourth-order valence-electron chi connectivity index (χ4n) is 4.32. The lowest BCUT2D eigenvalue weighted by Gasteiger charge is -2.35. The molecule has 0 bridgehead atoms. The van der Waals surface area contributed by atoms with Gasteiger partial charge in [-0.15, -0.1) is 0 Å². The van der Waals surface area contributed by atoms with Crippen molar-refractivity contribution >= 4 is 23.6 Å². The predicted octanol–water partition coefficient (Wildman–Crippen LogP) is 2.64. The Morgan fingerprint density at radius 2 is 1.33 bits per heavy atom. The smallest absolute Gasteiger partial charge is 0.253 e. The second-order valence-corrected chi connectivity index (χ2v) is 8.58. The molecule has 0 atom stereocenters. The van der Waals surface area contributed by atoms with Crippen LogP contribution >= 0.6 is 0 Å². The average Bonchev–Trinajstić information content (AvgIpc) is 3.17. The predicted molar refractivity (Wildman–Crippen MR) is 123 cm³/mol. The van der Waals surface area contributed by atoms with Gasteiger partial charge < -0.3 is 9.80 Å². The van der Waals surface area contributed by atoms with E-state index >= 15 is 0 Å². The molecule has 7 heteroatoms. The summed E-state index contributed by atoms with van der Waals surface area (Å²) >= 11 is 0. The fourth-order valence-corrected chi connectivity index (χ4v) is 4.32. The van der Waals surface area contributed by atoms with Crippen molar-refractivity contribution in [3.63, 3.8) is 0 Å². The molecule has 0 N–H and O–H groups in total. The van der Waals surface area contributed by atoms with Gasteiger partial charge in [0.15, 0.2) is 0 Å². The minimum Gasteiger partial charge on any atom is -0.339 e. The minimum absolute atomic E-state index is 0.0638. The first-order valence-corrected chi connectivity index (χ1v) is 11.5. The van der Waals surface area contributed by atoms with E-state index in [9.17, 15) is 19.2 Å². The zero-order chi connectivity index (χ0) is 23.2. The van der Waals surface area contributed by atoms with Gasteiger partial charge >= 0.3 is 0 Å². The van der Waals surface area contributed by atoms with Crippen LogP contribution < -0.4 is 0 Å². The molecular weight excluding hydrogens is 418 g/mol. The monoisotopic (exact) mass is 447 g/mol. The lowest BCUT2D eigenvalue weighted by molar-refractivity contribution is -0.139. The highest BCUT2D eigenvalue weighted by molar-refractivity contribution is 6.01. The van der Waals surface area contributed by atoms with Gasteiger partial charge in [0, 0.05) is 51.0 Å². The molecule has 7 nitrogen and oxygen atoms in total. The number of hydrogen-bond donors (Lipinski definition) is 0. The summed E-state index contributed by atoms with van der Waals surface area (Å²) in [6, 6.07) is 17.2. The molecule has 2 aliphatic rings. The number of piperazine rings is 1. The Kier molecular flexibility index (Phi) is 7.17. The molecule has 2 aromatic rings. The summed E-state index contributed by atoms with van der Waals surface area (Å²) in [7, 11) is 0. The Morgan fingerprint density at radius 3 is 1.97 bits per heavy atom. The standard InChI is InChI=1S/C26H29N3O4/c30-23(8-4-7-20-5-2-1-3-6-20)27-15-17-28(18-16-27)26(33)22-11-9-21(10-12-22)19-29-24(31)13-14-25(29)32/h1-3,5-6,9-12H,4,7-8,13-19H2. The first-order chi connectivity index (χ1) is 16.0. The Labute approximate surface area is 194 Å².